The Morgan fingerprint density at radius 2 is 2.10 bits per heavy atom. The number of carbonyl (C=O) groups excluding carboxylic acids is 2. The van der Waals surface area contributed by atoms with Crippen molar-refractivity contribution in [1.82, 2.24) is 19.7 Å². The summed E-state index contributed by atoms with van der Waals surface area (Å²) in [7, 11) is 0. The fraction of sp³-hybridized carbons (Fsp3) is 0.429. The van der Waals surface area contributed by atoms with Crippen LogP contribution in [0.1, 0.15) is 75.5 Å². The SMILES string of the molecule is CC(=O)c1c(C)[nH]c(C(=O)[C@H](C)Sc2nnc(Cc3cccs3)n2C2CC2)c1C. The van der Waals surface area contributed by atoms with Gasteiger partial charge in [-0.2, -0.15) is 0 Å². The second kappa shape index (κ2) is 7.91. The van der Waals surface area contributed by atoms with Gasteiger partial charge in [0, 0.05) is 28.6 Å². The van der Waals surface area contributed by atoms with Gasteiger partial charge in [0.1, 0.15) is 5.82 Å². The molecule has 0 unspecified atom stereocenters. The molecule has 0 aromatic carbocycles. The summed E-state index contributed by atoms with van der Waals surface area (Å²) in [6, 6.07) is 4.59. The number of carbonyl (C=O) groups is 2. The first-order valence-corrected chi connectivity index (χ1v) is 11.5. The van der Waals surface area contributed by atoms with Gasteiger partial charge in [0.15, 0.2) is 16.7 Å². The number of thioether (sulfide) groups is 1. The number of hydrogen-bond donors (Lipinski definition) is 1. The van der Waals surface area contributed by atoms with Crippen LogP contribution in [0.3, 0.4) is 0 Å². The average Bonchev–Trinajstić information content (AvgIpc) is 3.08. The van der Waals surface area contributed by atoms with Crippen LogP contribution in [-0.4, -0.2) is 36.6 Å². The van der Waals surface area contributed by atoms with Crippen LogP contribution >= 0.6 is 23.1 Å². The second-order valence-corrected chi connectivity index (χ2v) is 9.90. The molecule has 3 aromatic heterocycles. The van der Waals surface area contributed by atoms with Crippen molar-refractivity contribution >= 4 is 34.7 Å². The summed E-state index contributed by atoms with van der Waals surface area (Å²) >= 11 is 3.16. The molecule has 3 heterocycles. The molecule has 1 fully saturated rings. The third kappa shape index (κ3) is 3.96. The van der Waals surface area contributed by atoms with Gasteiger partial charge in [0.25, 0.3) is 0 Å². The highest BCUT2D eigenvalue weighted by molar-refractivity contribution is 8.00. The van der Waals surface area contributed by atoms with Crippen molar-refractivity contribution in [2.24, 2.45) is 0 Å². The molecule has 0 bridgehead atoms. The van der Waals surface area contributed by atoms with Gasteiger partial charge in [-0.15, -0.1) is 21.5 Å². The van der Waals surface area contributed by atoms with Crippen LogP contribution in [-0.2, 0) is 6.42 Å². The van der Waals surface area contributed by atoms with Crippen LogP contribution in [0.25, 0.3) is 0 Å². The number of hydrogen-bond acceptors (Lipinski definition) is 6. The van der Waals surface area contributed by atoms with Crippen molar-refractivity contribution in [3.8, 4) is 0 Å². The Kier molecular flexibility index (Phi) is 5.48. The molecule has 0 saturated heterocycles. The lowest BCUT2D eigenvalue weighted by Gasteiger charge is -2.12. The van der Waals surface area contributed by atoms with Gasteiger partial charge in [0.05, 0.1) is 10.9 Å². The first kappa shape index (κ1) is 20.1. The molecule has 1 aliphatic carbocycles. The Labute approximate surface area is 178 Å². The van der Waals surface area contributed by atoms with Crippen LogP contribution in [0, 0.1) is 13.8 Å². The van der Waals surface area contributed by atoms with Gasteiger partial charge in [0.2, 0.25) is 0 Å². The summed E-state index contributed by atoms with van der Waals surface area (Å²) < 4.78 is 2.21. The molecule has 4 rings (SSSR count). The molecule has 6 nitrogen and oxygen atoms in total. The van der Waals surface area contributed by atoms with Crippen molar-refractivity contribution in [1.29, 1.82) is 0 Å². The number of rotatable bonds is 8. The molecule has 1 saturated carbocycles. The lowest BCUT2D eigenvalue weighted by molar-refractivity contribution is 0.0988. The van der Waals surface area contributed by atoms with E-state index in [4.69, 9.17) is 0 Å². The largest absolute Gasteiger partial charge is 0.355 e. The summed E-state index contributed by atoms with van der Waals surface area (Å²) in [5.41, 5.74) is 2.61. The van der Waals surface area contributed by atoms with Crippen LogP contribution in [0.4, 0.5) is 0 Å². The van der Waals surface area contributed by atoms with E-state index in [-0.39, 0.29) is 16.8 Å². The minimum absolute atomic E-state index is 0.0201. The number of nitrogens with zero attached hydrogens (tertiary/aromatic N) is 3. The fourth-order valence-corrected chi connectivity index (χ4v) is 5.41. The summed E-state index contributed by atoms with van der Waals surface area (Å²) in [5, 5.41) is 11.4. The van der Waals surface area contributed by atoms with E-state index in [1.54, 1.807) is 11.3 Å². The van der Waals surface area contributed by atoms with E-state index in [1.807, 2.05) is 26.8 Å². The minimum atomic E-state index is -0.331. The Bertz CT molecular complexity index is 1060. The Morgan fingerprint density at radius 1 is 1.34 bits per heavy atom. The molecule has 0 spiro atoms. The third-order valence-electron chi connectivity index (χ3n) is 5.25. The molecule has 8 heteroatoms. The lowest BCUT2D eigenvalue weighted by atomic mass is 10.0. The Hall–Kier alpha value is -2.19. The molecule has 1 atom stereocenters. The molecule has 3 aromatic rings. The fourth-order valence-electron chi connectivity index (χ4n) is 3.72. The van der Waals surface area contributed by atoms with E-state index in [0.717, 1.165) is 41.5 Å². The molecule has 29 heavy (non-hydrogen) atoms. The number of nitrogens with one attached hydrogen (secondary N) is 1. The van der Waals surface area contributed by atoms with E-state index >= 15 is 0 Å². The van der Waals surface area contributed by atoms with Crippen molar-refractivity contribution < 1.29 is 9.59 Å². The first-order valence-electron chi connectivity index (χ1n) is 9.74. The zero-order chi connectivity index (χ0) is 20.7. The molecular formula is C21H24N4O2S2. The second-order valence-electron chi connectivity index (χ2n) is 7.56. The number of ketones is 2. The van der Waals surface area contributed by atoms with Gasteiger partial charge in [-0.05, 0) is 57.5 Å². The number of H-pyrrole nitrogens is 1. The molecule has 0 amide bonds. The van der Waals surface area contributed by atoms with Gasteiger partial charge in [-0.25, -0.2) is 0 Å². The van der Waals surface area contributed by atoms with Crippen molar-refractivity contribution in [3.63, 3.8) is 0 Å². The molecular weight excluding hydrogens is 404 g/mol. The van der Waals surface area contributed by atoms with E-state index in [2.05, 4.69) is 31.2 Å². The maximum absolute atomic E-state index is 13.1. The summed E-state index contributed by atoms with van der Waals surface area (Å²) in [4.78, 5) is 29.4. The van der Waals surface area contributed by atoms with E-state index in [0.29, 0.717) is 17.3 Å². The highest BCUT2D eigenvalue weighted by Gasteiger charge is 2.32. The predicted octanol–water partition coefficient (Wildman–Crippen LogP) is 4.78. The minimum Gasteiger partial charge on any atom is -0.355 e. The maximum Gasteiger partial charge on any atom is 0.192 e. The summed E-state index contributed by atoms with van der Waals surface area (Å²) in [6.07, 6.45) is 3.02. The summed E-state index contributed by atoms with van der Waals surface area (Å²) in [5.74, 6) is 0.915. The number of thiophene rings is 1. The highest BCUT2D eigenvalue weighted by atomic mass is 32.2. The van der Waals surface area contributed by atoms with Crippen molar-refractivity contribution in [3.05, 3.63) is 50.7 Å². The monoisotopic (exact) mass is 428 g/mol. The van der Waals surface area contributed by atoms with E-state index in [1.165, 1.54) is 23.6 Å². The van der Waals surface area contributed by atoms with Gasteiger partial charge >= 0.3 is 0 Å². The van der Waals surface area contributed by atoms with Crippen molar-refractivity contribution in [2.45, 2.75) is 63.4 Å². The standard InChI is InChI=1S/C21H24N4O2S2/c1-11-18(13(3)26)12(2)22-19(11)20(27)14(4)29-21-24-23-17(25(21)15-7-8-15)10-16-6-5-9-28-16/h5-6,9,14-15,22H,7-8,10H2,1-4H3/t14-/m0/s1. The Balaban J connectivity index is 1.56. The van der Waals surface area contributed by atoms with Crippen LogP contribution in [0.5, 0.6) is 0 Å². The highest BCUT2D eigenvalue weighted by Crippen LogP contribution is 2.40. The van der Waals surface area contributed by atoms with Gasteiger partial charge < -0.3 is 9.55 Å². The lowest BCUT2D eigenvalue weighted by Crippen LogP contribution is -2.16. The maximum atomic E-state index is 13.1. The summed E-state index contributed by atoms with van der Waals surface area (Å²) in [6.45, 7) is 7.08. The van der Waals surface area contributed by atoms with E-state index in [9.17, 15) is 9.59 Å². The molecule has 1 aliphatic rings. The van der Waals surface area contributed by atoms with Crippen LogP contribution in [0.15, 0.2) is 22.7 Å². The average molecular weight is 429 g/mol. The predicted molar refractivity (Wildman–Crippen MR) is 115 cm³/mol. The Morgan fingerprint density at radius 3 is 2.69 bits per heavy atom. The number of aromatic amines is 1. The smallest absolute Gasteiger partial charge is 0.192 e. The van der Waals surface area contributed by atoms with Crippen molar-refractivity contribution in [2.75, 3.05) is 0 Å². The van der Waals surface area contributed by atoms with Crippen LogP contribution < -0.4 is 0 Å². The quantitative estimate of drug-likeness (QED) is 0.413. The number of Topliss-reactive ketones (excluding diaryl/α,β-unsaturated/α-hetero) is 2. The molecule has 152 valence electrons. The topological polar surface area (TPSA) is 80.6 Å². The number of aryl methyl sites for hydroxylation is 1. The first-order chi connectivity index (χ1) is 13.9. The third-order valence-corrected chi connectivity index (χ3v) is 7.18. The molecule has 0 aliphatic heterocycles. The van der Waals surface area contributed by atoms with E-state index < -0.39 is 0 Å². The van der Waals surface area contributed by atoms with Gasteiger partial charge in [-0.3, -0.25) is 9.59 Å². The zero-order valence-corrected chi connectivity index (χ0v) is 18.6. The van der Waals surface area contributed by atoms with Crippen LogP contribution in [0.2, 0.25) is 0 Å². The normalized spacial score (nSPS) is 14.9. The zero-order valence-electron chi connectivity index (χ0n) is 17.0. The molecule has 0 radical (unpaired) electrons. The number of aromatic nitrogens is 4. The van der Waals surface area contributed by atoms with Gasteiger partial charge in [-0.1, -0.05) is 17.8 Å². The molecule has 1 N–H and O–H groups in total.